The molecule has 34 atom stereocenters. The Morgan fingerprint density at radius 2 is 0.663 bits per heavy atom. The van der Waals surface area contributed by atoms with Crippen LogP contribution in [0.25, 0.3) is 0 Å². The number of ether oxygens (including phenoxy) is 13. The van der Waals surface area contributed by atoms with Crippen molar-refractivity contribution in [3.05, 3.63) is 0 Å². The monoisotopic (exact) mass is 1300 g/mol. The molecule has 7 aliphatic heterocycles. The first-order valence-electron chi connectivity index (χ1n) is 28.5. The Morgan fingerprint density at radius 1 is 0.326 bits per heavy atom. The van der Waals surface area contributed by atoms with Crippen molar-refractivity contribution in [3.63, 3.8) is 0 Å². The summed E-state index contributed by atoms with van der Waals surface area (Å²) in [5.41, 5.74) is 0. The van der Waals surface area contributed by atoms with E-state index in [1.54, 1.807) is 0 Å². The Hall–Kier alpha value is -3.36. The second-order valence-corrected chi connectivity index (χ2v) is 22.4. The summed E-state index contributed by atoms with van der Waals surface area (Å²) in [6.07, 6.45) is -58.6. The molecule has 89 heavy (non-hydrogen) atoms. The van der Waals surface area contributed by atoms with Crippen LogP contribution in [-0.2, 0) is 80.8 Å². The van der Waals surface area contributed by atoms with E-state index in [-0.39, 0.29) is 6.61 Å². The van der Waals surface area contributed by atoms with Crippen molar-refractivity contribution in [1.82, 2.24) is 21.3 Å². The zero-order chi connectivity index (χ0) is 65.6. The minimum Gasteiger partial charge on any atom is -0.394 e. The molecule has 7 heterocycles. The maximum atomic E-state index is 12.8. The van der Waals surface area contributed by atoms with Gasteiger partial charge in [0, 0.05) is 27.7 Å². The molecule has 0 aliphatic carbocycles. The largest absolute Gasteiger partial charge is 0.394 e. The fourth-order valence-corrected chi connectivity index (χ4v) is 11.4. The van der Waals surface area contributed by atoms with Crippen molar-refractivity contribution < 1.29 is 173 Å². The van der Waals surface area contributed by atoms with Crippen LogP contribution in [0.1, 0.15) is 27.7 Å². The van der Waals surface area contributed by atoms with Gasteiger partial charge in [0.05, 0.1) is 58.9 Å². The summed E-state index contributed by atoms with van der Waals surface area (Å²) in [4.78, 5) is 49.4. The van der Waals surface area contributed by atoms with Crippen molar-refractivity contribution in [2.24, 2.45) is 0 Å². The molecular weight excluding hydrogens is 1220 g/mol. The molecule has 22 N–H and O–H groups in total. The van der Waals surface area contributed by atoms with Crippen LogP contribution in [-0.4, -0.2) is 377 Å². The van der Waals surface area contributed by atoms with E-state index in [2.05, 4.69) is 21.3 Å². The Kier molecular flexibility index (Phi) is 26.4. The second kappa shape index (κ2) is 32.2. The smallest absolute Gasteiger partial charge is 0.217 e. The SMILES string of the molecule is CC(=O)N[C@H]1[C@H](O[C@H]2[C@H](O)[C@@H](NC(C)=O)CO[C@@H]2CO)O[C@H](CO)[C@@H](O[C@@H]2O[C@H](CO[C@H]3O[C@H](CO)[C@@H](O)[C@H](O)[C@@H]3O[C@@H]3O[C@H](CO)[C@@H](O)[C@H](O)[C@H]3NC(C)=O)[C@@H](O)[C@H](O[C@H]3O[C@H](CO)[C@@H](O)[C@H](O)[C@@H]3O[C@@H]3O[C@H](CO)[C@@H](O)[C@H](O)[C@H]3NC(C)=O)[C@@H]2O)[C@@H]1O. The predicted molar refractivity (Wildman–Crippen MR) is 277 cm³/mol. The molecule has 0 saturated carbocycles. The van der Waals surface area contributed by atoms with E-state index in [1.165, 1.54) is 0 Å². The molecule has 0 radical (unpaired) electrons. The molecule has 0 aromatic carbocycles. The standard InChI is InChI=1S/C50H84N4O35/c1-13(61)51-17-11-77-22(9-59)40(28(17)65)85-47-27(54-16(4)64)36(73)41(23(10-60)83-47)86-48-39(76)42(87-50-44(38(75)32(69)21(8-58)82-50)89-46-26(53-15(3)63)35(72)30(67)19(6-56)80-46)33(70)24(84-48)12-78-49-43(37(74)31(68)20(7-57)81-49)88-45-25(52-14(2)62)34(71)29(66)18(5-55)79-45/h17-50,55-60,65-76H,5-12H2,1-4H3,(H,51,61)(H,52,62)(H,53,63)(H,54,64)/t17-,18+,19+,20+,21+,22+,23+,24+,25+,26+,27+,28+,29+,30+,31+,32+,33+,34+,35+,36+,37-,38-,39-,40+,41+,42-,43-,44-,45-,46-,47-,48-,49-,50+/m0/s1. The van der Waals surface area contributed by atoms with Gasteiger partial charge in [-0.1, -0.05) is 0 Å². The maximum Gasteiger partial charge on any atom is 0.217 e. The lowest BCUT2D eigenvalue weighted by Gasteiger charge is -2.51. The van der Waals surface area contributed by atoms with Crippen LogP contribution in [0.4, 0.5) is 0 Å². The number of rotatable bonds is 23. The Balaban J connectivity index is 1.24. The summed E-state index contributed by atoms with van der Waals surface area (Å²) in [6, 6.07) is -6.27. The third-order valence-electron chi connectivity index (χ3n) is 16.1. The molecule has 0 aromatic rings. The van der Waals surface area contributed by atoms with Gasteiger partial charge >= 0.3 is 0 Å². The third-order valence-corrected chi connectivity index (χ3v) is 16.1. The van der Waals surface area contributed by atoms with Crippen molar-refractivity contribution in [3.8, 4) is 0 Å². The highest BCUT2D eigenvalue weighted by atomic mass is 16.8. The average molecular weight is 1300 g/mol. The molecule has 7 fully saturated rings. The van der Waals surface area contributed by atoms with Crippen LogP contribution in [0.2, 0.25) is 0 Å². The molecule has 7 rings (SSSR count). The second-order valence-electron chi connectivity index (χ2n) is 22.4. The van der Waals surface area contributed by atoms with E-state index in [4.69, 9.17) is 61.6 Å². The van der Waals surface area contributed by atoms with E-state index in [1.807, 2.05) is 0 Å². The third kappa shape index (κ3) is 16.6. The van der Waals surface area contributed by atoms with E-state index in [9.17, 15) is 111 Å². The fourth-order valence-electron chi connectivity index (χ4n) is 11.4. The summed E-state index contributed by atoms with van der Waals surface area (Å²) < 4.78 is 77.1. The van der Waals surface area contributed by atoms with Gasteiger partial charge in [0.1, 0.15) is 165 Å². The number of carbonyl (C=O) groups excluding carboxylic acids is 4. The van der Waals surface area contributed by atoms with Gasteiger partial charge in [-0.2, -0.15) is 0 Å². The number of hydrogen-bond acceptors (Lipinski definition) is 35. The predicted octanol–water partition coefficient (Wildman–Crippen LogP) is -15.0. The molecule has 514 valence electrons. The van der Waals surface area contributed by atoms with Crippen molar-refractivity contribution in [2.75, 3.05) is 52.9 Å². The fraction of sp³-hybridized carbons (Fsp3) is 0.920. The Morgan fingerprint density at radius 3 is 1.10 bits per heavy atom. The van der Waals surface area contributed by atoms with E-state index >= 15 is 0 Å². The van der Waals surface area contributed by atoms with Crippen LogP contribution < -0.4 is 21.3 Å². The first-order chi connectivity index (χ1) is 42.1. The zero-order valence-corrected chi connectivity index (χ0v) is 48.3. The molecule has 4 amide bonds. The Labute approximate surface area is 505 Å². The number of carbonyl (C=O) groups is 4. The highest BCUT2D eigenvalue weighted by Crippen LogP contribution is 2.38. The van der Waals surface area contributed by atoms with Crippen molar-refractivity contribution in [1.29, 1.82) is 0 Å². The first kappa shape index (κ1) is 73.1. The highest BCUT2D eigenvalue weighted by Gasteiger charge is 2.59. The lowest BCUT2D eigenvalue weighted by Crippen LogP contribution is -2.70. The van der Waals surface area contributed by atoms with Gasteiger partial charge < -0.3 is 175 Å². The molecule has 39 nitrogen and oxygen atoms in total. The minimum atomic E-state index is -2.42. The first-order valence-corrected chi connectivity index (χ1v) is 28.5. The van der Waals surface area contributed by atoms with Gasteiger partial charge in [0.25, 0.3) is 0 Å². The number of amides is 4. The molecule has 7 aliphatic rings. The highest BCUT2D eigenvalue weighted by molar-refractivity contribution is 5.74. The summed E-state index contributed by atoms with van der Waals surface area (Å²) in [5, 5.41) is 208. The molecule has 39 heteroatoms. The van der Waals surface area contributed by atoms with E-state index in [0.717, 1.165) is 27.7 Å². The normalized spacial score (nSPS) is 47.2. The van der Waals surface area contributed by atoms with Crippen LogP contribution in [0.5, 0.6) is 0 Å². The Bertz CT molecular complexity index is 2280. The minimum absolute atomic E-state index is 0.298. The van der Waals surface area contributed by atoms with Gasteiger partial charge in [-0.3, -0.25) is 19.2 Å². The molecule has 0 unspecified atom stereocenters. The topological polar surface area (TPSA) is 601 Å². The molecule has 7 saturated heterocycles. The van der Waals surface area contributed by atoms with Gasteiger partial charge in [0.2, 0.25) is 23.6 Å². The van der Waals surface area contributed by atoms with Crippen LogP contribution >= 0.6 is 0 Å². The summed E-state index contributed by atoms with van der Waals surface area (Å²) in [5.74, 6) is -3.06. The quantitative estimate of drug-likeness (QED) is 0.0452. The summed E-state index contributed by atoms with van der Waals surface area (Å²) in [6.45, 7) is -3.01. The van der Waals surface area contributed by atoms with Gasteiger partial charge in [-0.05, 0) is 0 Å². The molecule has 0 spiro atoms. The van der Waals surface area contributed by atoms with Crippen LogP contribution in [0.15, 0.2) is 0 Å². The number of hydrogen-bond donors (Lipinski definition) is 22. The van der Waals surface area contributed by atoms with Crippen LogP contribution in [0.3, 0.4) is 0 Å². The van der Waals surface area contributed by atoms with E-state index < -0.39 is 278 Å². The van der Waals surface area contributed by atoms with Crippen molar-refractivity contribution in [2.45, 2.75) is 236 Å². The van der Waals surface area contributed by atoms with Crippen molar-refractivity contribution >= 4 is 23.6 Å². The average Bonchev–Trinajstić information content (AvgIpc) is 1.99. The lowest BCUT2D eigenvalue weighted by atomic mass is 9.94. The number of nitrogens with one attached hydrogen (secondary N) is 4. The van der Waals surface area contributed by atoms with Gasteiger partial charge in [0.15, 0.2) is 37.7 Å². The van der Waals surface area contributed by atoms with Gasteiger partial charge in [-0.15, -0.1) is 0 Å². The number of aliphatic hydroxyl groups excluding tert-OH is 18. The zero-order valence-electron chi connectivity index (χ0n) is 48.3. The maximum absolute atomic E-state index is 12.8. The molecule has 0 bridgehead atoms. The van der Waals surface area contributed by atoms with E-state index in [0.29, 0.717) is 0 Å². The lowest BCUT2D eigenvalue weighted by molar-refractivity contribution is -0.395. The van der Waals surface area contributed by atoms with Gasteiger partial charge in [-0.25, -0.2) is 0 Å². The summed E-state index contributed by atoms with van der Waals surface area (Å²) in [7, 11) is 0. The van der Waals surface area contributed by atoms with Crippen LogP contribution in [0, 0.1) is 0 Å². The molecular formula is C50H84N4O35. The number of aliphatic hydroxyl groups is 18. The summed E-state index contributed by atoms with van der Waals surface area (Å²) >= 11 is 0. The molecule has 0 aromatic heterocycles.